The van der Waals surface area contributed by atoms with Gasteiger partial charge in [0.25, 0.3) is 0 Å². The maximum atomic E-state index is 6.24. The molecule has 0 saturated carbocycles. The maximum absolute atomic E-state index is 6.24. The van der Waals surface area contributed by atoms with Crippen LogP contribution in [0.1, 0.15) is 6.92 Å². The first-order valence-corrected chi connectivity index (χ1v) is 8.88. The van der Waals surface area contributed by atoms with E-state index < -0.39 is 0 Å². The SMILES string of the molecule is COc1cccc(Sc2ccc(Cl)cc2N2CC[N][C@H](C)C2)c1. The lowest BCUT2D eigenvalue weighted by molar-refractivity contribution is 0.413. The molecule has 0 bridgehead atoms. The van der Waals surface area contributed by atoms with Gasteiger partial charge in [0.15, 0.2) is 0 Å². The summed E-state index contributed by atoms with van der Waals surface area (Å²) in [5.41, 5.74) is 1.19. The summed E-state index contributed by atoms with van der Waals surface area (Å²) in [4.78, 5) is 4.74. The number of anilines is 1. The molecule has 1 aliphatic heterocycles. The van der Waals surface area contributed by atoms with Crippen molar-refractivity contribution in [3.63, 3.8) is 0 Å². The Kier molecular flexibility index (Phi) is 5.36. The van der Waals surface area contributed by atoms with E-state index in [1.54, 1.807) is 18.9 Å². The van der Waals surface area contributed by atoms with Crippen molar-refractivity contribution in [3.05, 3.63) is 47.5 Å². The quantitative estimate of drug-likeness (QED) is 0.824. The molecule has 23 heavy (non-hydrogen) atoms. The van der Waals surface area contributed by atoms with E-state index in [1.807, 2.05) is 18.2 Å². The predicted molar refractivity (Wildman–Crippen MR) is 97.2 cm³/mol. The Bertz CT molecular complexity index is 680. The van der Waals surface area contributed by atoms with E-state index >= 15 is 0 Å². The average Bonchev–Trinajstić information content (AvgIpc) is 2.56. The van der Waals surface area contributed by atoms with E-state index in [-0.39, 0.29) is 0 Å². The van der Waals surface area contributed by atoms with Gasteiger partial charge < -0.3 is 9.64 Å². The monoisotopic (exact) mass is 347 g/mol. The van der Waals surface area contributed by atoms with E-state index in [0.29, 0.717) is 6.04 Å². The van der Waals surface area contributed by atoms with Crippen LogP contribution in [-0.4, -0.2) is 32.8 Å². The molecule has 1 heterocycles. The molecule has 5 heteroatoms. The molecule has 3 rings (SSSR count). The molecule has 1 aliphatic rings. The smallest absolute Gasteiger partial charge is 0.119 e. The van der Waals surface area contributed by atoms with Gasteiger partial charge in [-0.1, -0.05) is 29.4 Å². The molecule has 0 N–H and O–H groups in total. The number of benzene rings is 2. The number of piperazine rings is 1. The molecule has 0 amide bonds. The zero-order valence-electron chi connectivity index (χ0n) is 13.3. The molecule has 0 spiro atoms. The van der Waals surface area contributed by atoms with Crippen LogP contribution in [0.25, 0.3) is 0 Å². The van der Waals surface area contributed by atoms with Gasteiger partial charge in [0.05, 0.1) is 12.8 Å². The Morgan fingerprint density at radius 1 is 1.26 bits per heavy atom. The zero-order chi connectivity index (χ0) is 16.2. The van der Waals surface area contributed by atoms with Crippen molar-refractivity contribution in [2.45, 2.75) is 22.8 Å². The number of halogens is 1. The van der Waals surface area contributed by atoms with Gasteiger partial charge >= 0.3 is 0 Å². The summed E-state index contributed by atoms with van der Waals surface area (Å²) in [7, 11) is 1.69. The normalized spacial score (nSPS) is 18.0. The molecule has 1 radical (unpaired) electrons. The third-order valence-electron chi connectivity index (χ3n) is 3.83. The second-order valence-corrected chi connectivity index (χ2v) is 7.15. The number of ether oxygens (including phenoxy) is 1. The van der Waals surface area contributed by atoms with E-state index in [2.05, 4.69) is 41.4 Å². The lowest BCUT2D eigenvalue weighted by Gasteiger charge is -2.33. The summed E-state index contributed by atoms with van der Waals surface area (Å²) in [6.45, 7) is 4.91. The minimum atomic E-state index is 0.359. The highest BCUT2D eigenvalue weighted by molar-refractivity contribution is 7.99. The first-order chi connectivity index (χ1) is 11.2. The minimum absolute atomic E-state index is 0.359. The highest BCUT2D eigenvalue weighted by Gasteiger charge is 2.20. The third-order valence-corrected chi connectivity index (χ3v) is 5.12. The third kappa shape index (κ3) is 4.14. The first-order valence-electron chi connectivity index (χ1n) is 7.69. The van der Waals surface area contributed by atoms with Crippen molar-refractivity contribution in [3.8, 4) is 5.75 Å². The van der Waals surface area contributed by atoms with Gasteiger partial charge in [-0.25, -0.2) is 5.32 Å². The predicted octanol–water partition coefficient (Wildman–Crippen LogP) is 4.31. The molecule has 1 saturated heterocycles. The van der Waals surface area contributed by atoms with Crippen LogP contribution < -0.4 is 15.0 Å². The van der Waals surface area contributed by atoms with Crippen LogP contribution in [0.2, 0.25) is 5.02 Å². The standard InChI is InChI=1S/C18H20ClN2OS/c1-13-12-21(9-8-20-13)17-10-14(19)6-7-18(17)23-16-5-3-4-15(11-16)22-2/h3-7,10-11,13H,8-9,12H2,1-2H3/t13-/m1/s1. The minimum Gasteiger partial charge on any atom is -0.497 e. The van der Waals surface area contributed by atoms with Crippen molar-refractivity contribution in [2.24, 2.45) is 0 Å². The van der Waals surface area contributed by atoms with Crippen molar-refractivity contribution >= 4 is 29.1 Å². The van der Waals surface area contributed by atoms with Crippen molar-refractivity contribution in [1.82, 2.24) is 5.32 Å². The first kappa shape index (κ1) is 16.5. The summed E-state index contributed by atoms with van der Waals surface area (Å²) < 4.78 is 5.32. The lowest BCUT2D eigenvalue weighted by atomic mass is 10.2. The Morgan fingerprint density at radius 3 is 2.91 bits per heavy atom. The topological polar surface area (TPSA) is 26.6 Å². The fourth-order valence-electron chi connectivity index (χ4n) is 2.70. The average molecular weight is 348 g/mol. The largest absolute Gasteiger partial charge is 0.497 e. The highest BCUT2D eigenvalue weighted by Crippen LogP contribution is 2.38. The number of rotatable bonds is 4. The lowest BCUT2D eigenvalue weighted by Crippen LogP contribution is -2.45. The zero-order valence-corrected chi connectivity index (χ0v) is 14.9. The van der Waals surface area contributed by atoms with Gasteiger partial charge in [-0.15, -0.1) is 0 Å². The van der Waals surface area contributed by atoms with Gasteiger partial charge in [-0.3, -0.25) is 0 Å². The van der Waals surface area contributed by atoms with Gasteiger partial charge in [0.2, 0.25) is 0 Å². The number of hydrogen-bond donors (Lipinski definition) is 0. The molecule has 0 aliphatic carbocycles. The van der Waals surface area contributed by atoms with E-state index in [4.69, 9.17) is 16.3 Å². The Balaban J connectivity index is 1.89. The second kappa shape index (κ2) is 7.47. The molecule has 0 unspecified atom stereocenters. The van der Waals surface area contributed by atoms with Gasteiger partial charge in [-0.05, 0) is 43.3 Å². The van der Waals surface area contributed by atoms with Crippen LogP contribution in [0, 0.1) is 0 Å². The summed E-state index contributed by atoms with van der Waals surface area (Å²) in [5.74, 6) is 0.871. The molecular weight excluding hydrogens is 328 g/mol. The summed E-state index contributed by atoms with van der Waals surface area (Å²) >= 11 is 7.98. The van der Waals surface area contributed by atoms with Crippen LogP contribution in [-0.2, 0) is 0 Å². The van der Waals surface area contributed by atoms with Crippen molar-refractivity contribution in [2.75, 3.05) is 31.6 Å². The molecular formula is C18H20ClN2OS. The molecule has 1 atom stereocenters. The number of nitrogens with zero attached hydrogens (tertiary/aromatic N) is 2. The maximum Gasteiger partial charge on any atom is 0.119 e. The number of hydrogen-bond acceptors (Lipinski definition) is 3. The van der Waals surface area contributed by atoms with Crippen LogP contribution in [0.5, 0.6) is 5.75 Å². The summed E-state index contributed by atoms with van der Waals surface area (Å²) in [6.07, 6.45) is 0. The van der Waals surface area contributed by atoms with E-state index in [1.165, 1.54) is 10.6 Å². The van der Waals surface area contributed by atoms with Gasteiger partial charge in [0.1, 0.15) is 5.75 Å². The fraction of sp³-hybridized carbons (Fsp3) is 0.333. The fourth-order valence-corrected chi connectivity index (χ4v) is 3.87. The number of methoxy groups -OCH3 is 1. The van der Waals surface area contributed by atoms with E-state index in [9.17, 15) is 0 Å². The van der Waals surface area contributed by atoms with E-state index in [0.717, 1.165) is 35.3 Å². The van der Waals surface area contributed by atoms with Crippen molar-refractivity contribution in [1.29, 1.82) is 0 Å². The van der Waals surface area contributed by atoms with Crippen LogP contribution >= 0.6 is 23.4 Å². The Hall–Kier alpha value is -1.36. The highest BCUT2D eigenvalue weighted by atomic mass is 35.5. The van der Waals surface area contributed by atoms with Crippen LogP contribution in [0.4, 0.5) is 5.69 Å². The second-order valence-electron chi connectivity index (χ2n) is 5.59. The summed E-state index contributed by atoms with van der Waals surface area (Å²) in [6, 6.07) is 14.6. The molecule has 3 nitrogen and oxygen atoms in total. The Labute approximate surface area is 147 Å². The van der Waals surface area contributed by atoms with Crippen molar-refractivity contribution < 1.29 is 4.74 Å². The van der Waals surface area contributed by atoms with Crippen LogP contribution in [0.3, 0.4) is 0 Å². The Morgan fingerprint density at radius 2 is 2.13 bits per heavy atom. The molecule has 2 aromatic rings. The van der Waals surface area contributed by atoms with Crippen LogP contribution in [0.15, 0.2) is 52.3 Å². The van der Waals surface area contributed by atoms with Gasteiger partial charge in [0, 0.05) is 40.5 Å². The van der Waals surface area contributed by atoms with Gasteiger partial charge in [-0.2, -0.15) is 0 Å². The molecule has 0 aromatic heterocycles. The molecule has 1 fully saturated rings. The molecule has 2 aromatic carbocycles. The molecule has 121 valence electrons. The summed E-state index contributed by atoms with van der Waals surface area (Å²) in [5, 5.41) is 5.34.